The fourth-order valence-corrected chi connectivity index (χ4v) is 2.06. The first-order chi connectivity index (χ1) is 6.27. The summed E-state index contributed by atoms with van der Waals surface area (Å²) in [6, 6.07) is 0. The molecule has 2 heteroatoms. The van der Waals surface area contributed by atoms with E-state index in [2.05, 4.69) is 30.4 Å². The lowest BCUT2D eigenvalue weighted by Gasteiger charge is -2.30. The van der Waals surface area contributed by atoms with Crippen molar-refractivity contribution in [3.63, 3.8) is 0 Å². The van der Waals surface area contributed by atoms with E-state index in [0.29, 0.717) is 11.8 Å². The van der Waals surface area contributed by atoms with E-state index in [1.54, 1.807) is 0 Å². The molecule has 0 aromatic heterocycles. The van der Waals surface area contributed by atoms with Crippen LogP contribution < -0.4 is 11.5 Å². The number of allylic oxidation sites excluding steroid dienone is 6. The first kappa shape index (κ1) is 8.73. The van der Waals surface area contributed by atoms with Crippen molar-refractivity contribution in [3.8, 4) is 0 Å². The maximum atomic E-state index is 5.70. The average Bonchev–Trinajstić information content (AvgIpc) is 2.17. The fourth-order valence-electron chi connectivity index (χ4n) is 2.06. The molecule has 0 radical (unpaired) electrons. The van der Waals surface area contributed by atoms with E-state index in [4.69, 9.17) is 11.5 Å². The van der Waals surface area contributed by atoms with Gasteiger partial charge in [0, 0.05) is 5.92 Å². The second kappa shape index (κ2) is 3.48. The molecule has 0 spiro atoms. The molecule has 0 saturated carbocycles. The minimum atomic E-state index is -0.169. The van der Waals surface area contributed by atoms with Gasteiger partial charge in [-0.3, -0.25) is 0 Å². The zero-order valence-corrected chi connectivity index (χ0v) is 7.69. The molecule has 0 amide bonds. The first-order valence-electron chi connectivity index (χ1n) is 4.83. The van der Waals surface area contributed by atoms with E-state index in [9.17, 15) is 0 Å². The zero-order valence-electron chi connectivity index (χ0n) is 7.69. The molecule has 13 heavy (non-hydrogen) atoms. The van der Waals surface area contributed by atoms with Crippen LogP contribution in [-0.4, -0.2) is 6.17 Å². The molecular weight excluding hydrogens is 160 g/mol. The standard InChI is InChI=1S/C11H16N2/c12-11(13)10-6-5-8-3-1-2-4-9(8)7-10/h1-5,9-11H,6-7,12-13H2. The predicted molar refractivity (Wildman–Crippen MR) is 54.7 cm³/mol. The molecule has 0 bridgehead atoms. The molecule has 2 nitrogen and oxygen atoms in total. The summed E-state index contributed by atoms with van der Waals surface area (Å²) < 4.78 is 0. The summed E-state index contributed by atoms with van der Waals surface area (Å²) in [6.07, 6.45) is 12.8. The van der Waals surface area contributed by atoms with E-state index in [1.807, 2.05) is 0 Å². The molecule has 70 valence electrons. The normalized spacial score (nSPS) is 31.8. The Labute approximate surface area is 79.0 Å². The van der Waals surface area contributed by atoms with Gasteiger partial charge in [0.2, 0.25) is 0 Å². The van der Waals surface area contributed by atoms with Gasteiger partial charge in [-0.15, -0.1) is 0 Å². The van der Waals surface area contributed by atoms with Crippen LogP contribution in [0, 0.1) is 11.8 Å². The SMILES string of the molecule is NC(N)C1CC=C2C=CC=CC2C1. The summed E-state index contributed by atoms with van der Waals surface area (Å²) in [7, 11) is 0. The molecule has 0 heterocycles. The average molecular weight is 176 g/mol. The predicted octanol–water partition coefficient (Wildman–Crippen LogP) is 1.31. The molecule has 0 saturated heterocycles. The Morgan fingerprint density at radius 1 is 1.31 bits per heavy atom. The molecule has 2 aliphatic rings. The third-order valence-corrected chi connectivity index (χ3v) is 2.93. The molecule has 2 rings (SSSR count). The molecule has 0 aromatic carbocycles. The summed E-state index contributed by atoms with van der Waals surface area (Å²) >= 11 is 0. The number of rotatable bonds is 1. The third-order valence-electron chi connectivity index (χ3n) is 2.93. The minimum absolute atomic E-state index is 0.169. The number of hydrogen-bond acceptors (Lipinski definition) is 2. The number of fused-ring (bicyclic) bond motifs is 1. The second-order valence-corrected chi connectivity index (χ2v) is 3.86. The van der Waals surface area contributed by atoms with Gasteiger partial charge in [0.1, 0.15) is 0 Å². The van der Waals surface area contributed by atoms with Gasteiger partial charge in [-0.1, -0.05) is 30.4 Å². The molecule has 2 aliphatic carbocycles. The quantitative estimate of drug-likeness (QED) is 0.592. The minimum Gasteiger partial charge on any atom is -0.316 e. The topological polar surface area (TPSA) is 52.0 Å². The van der Waals surface area contributed by atoms with Crippen LogP contribution in [0.15, 0.2) is 36.0 Å². The van der Waals surface area contributed by atoms with Crippen LogP contribution in [0.4, 0.5) is 0 Å². The van der Waals surface area contributed by atoms with Gasteiger partial charge in [0.25, 0.3) is 0 Å². The lowest BCUT2D eigenvalue weighted by atomic mass is 9.78. The molecule has 0 fully saturated rings. The first-order valence-corrected chi connectivity index (χ1v) is 4.83. The van der Waals surface area contributed by atoms with E-state index in [0.717, 1.165) is 12.8 Å². The van der Waals surface area contributed by atoms with Crippen LogP contribution in [-0.2, 0) is 0 Å². The van der Waals surface area contributed by atoms with Crippen LogP contribution in [0.1, 0.15) is 12.8 Å². The van der Waals surface area contributed by atoms with Crippen LogP contribution in [0.3, 0.4) is 0 Å². The Morgan fingerprint density at radius 2 is 2.15 bits per heavy atom. The van der Waals surface area contributed by atoms with Crippen LogP contribution in [0.25, 0.3) is 0 Å². The summed E-state index contributed by atoms with van der Waals surface area (Å²) in [5.41, 5.74) is 12.8. The number of hydrogen-bond donors (Lipinski definition) is 2. The highest BCUT2D eigenvalue weighted by molar-refractivity contribution is 5.34. The van der Waals surface area contributed by atoms with Crippen molar-refractivity contribution in [2.75, 3.05) is 0 Å². The van der Waals surface area contributed by atoms with Gasteiger partial charge in [0.05, 0.1) is 6.17 Å². The molecular formula is C11H16N2. The van der Waals surface area contributed by atoms with E-state index in [-0.39, 0.29) is 6.17 Å². The maximum absolute atomic E-state index is 5.70. The third kappa shape index (κ3) is 1.74. The van der Waals surface area contributed by atoms with Gasteiger partial charge < -0.3 is 11.5 Å². The van der Waals surface area contributed by atoms with Crippen molar-refractivity contribution in [1.82, 2.24) is 0 Å². The summed E-state index contributed by atoms with van der Waals surface area (Å²) in [5, 5.41) is 0. The monoisotopic (exact) mass is 176 g/mol. The van der Waals surface area contributed by atoms with Crippen LogP contribution in [0.5, 0.6) is 0 Å². The largest absolute Gasteiger partial charge is 0.316 e. The van der Waals surface area contributed by atoms with Gasteiger partial charge in [-0.2, -0.15) is 0 Å². The summed E-state index contributed by atoms with van der Waals surface area (Å²) in [5.74, 6) is 1.00. The molecule has 0 aromatic rings. The number of nitrogens with two attached hydrogens (primary N) is 2. The van der Waals surface area contributed by atoms with E-state index in [1.165, 1.54) is 5.57 Å². The Hall–Kier alpha value is -0.860. The summed E-state index contributed by atoms with van der Waals surface area (Å²) in [6.45, 7) is 0. The molecule has 4 N–H and O–H groups in total. The van der Waals surface area contributed by atoms with Gasteiger partial charge in [-0.05, 0) is 24.3 Å². The highest BCUT2D eigenvalue weighted by Crippen LogP contribution is 2.33. The highest BCUT2D eigenvalue weighted by atomic mass is 14.9. The van der Waals surface area contributed by atoms with E-state index < -0.39 is 0 Å². The Bertz CT molecular complexity index is 274. The van der Waals surface area contributed by atoms with Crippen molar-refractivity contribution in [1.29, 1.82) is 0 Å². The Morgan fingerprint density at radius 3 is 2.92 bits per heavy atom. The maximum Gasteiger partial charge on any atom is 0.0553 e. The lowest BCUT2D eigenvalue weighted by Crippen LogP contribution is -2.40. The lowest BCUT2D eigenvalue weighted by molar-refractivity contribution is 0.360. The zero-order chi connectivity index (χ0) is 9.26. The molecule has 2 atom stereocenters. The van der Waals surface area contributed by atoms with Crippen LogP contribution in [0.2, 0.25) is 0 Å². The molecule has 0 aliphatic heterocycles. The molecule has 2 unspecified atom stereocenters. The van der Waals surface area contributed by atoms with Crippen molar-refractivity contribution in [2.24, 2.45) is 23.3 Å². The van der Waals surface area contributed by atoms with Gasteiger partial charge in [-0.25, -0.2) is 0 Å². The second-order valence-electron chi connectivity index (χ2n) is 3.86. The fraction of sp³-hybridized carbons (Fsp3) is 0.455. The summed E-state index contributed by atoms with van der Waals surface area (Å²) in [4.78, 5) is 0. The smallest absolute Gasteiger partial charge is 0.0553 e. The Balaban J connectivity index is 2.13. The Kier molecular flexibility index (Phi) is 2.34. The van der Waals surface area contributed by atoms with Gasteiger partial charge in [0.15, 0.2) is 0 Å². The van der Waals surface area contributed by atoms with Crippen molar-refractivity contribution in [3.05, 3.63) is 36.0 Å². The highest BCUT2D eigenvalue weighted by Gasteiger charge is 2.24. The van der Waals surface area contributed by atoms with Crippen molar-refractivity contribution >= 4 is 0 Å². The van der Waals surface area contributed by atoms with Gasteiger partial charge >= 0.3 is 0 Å². The van der Waals surface area contributed by atoms with Crippen molar-refractivity contribution < 1.29 is 0 Å². The van der Waals surface area contributed by atoms with Crippen LogP contribution >= 0.6 is 0 Å². The van der Waals surface area contributed by atoms with E-state index >= 15 is 0 Å². The van der Waals surface area contributed by atoms with Crippen molar-refractivity contribution in [2.45, 2.75) is 19.0 Å².